The van der Waals surface area contributed by atoms with E-state index in [0.29, 0.717) is 0 Å². The highest BCUT2D eigenvalue weighted by Crippen LogP contribution is 2.24. The molecule has 1 saturated heterocycles. The average Bonchev–Trinajstić information content (AvgIpc) is 2.96. The molecule has 0 aromatic heterocycles. The zero-order chi connectivity index (χ0) is 19.7. The average molecular weight is 379 g/mol. The lowest BCUT2D eigenvalue weighted by atomic mass is 9.95. The summed E-state index contributed by atoms with van der Waals surface area (Å²) in [5, 5.41) is 0. The fourth-order valence-electron chi connectivity index (χ4n) is 3.81. The minimum Gasteiger partial charge on any atom is -0.393 e. The highest BCUT2D eigenvalue weighted by Gasteiger charge is 2.31. The maximum absolute atomic E-state index is 11.8. The third-order valence-corrected chi connectivity index (χ3v) is 5.54. The van der Waals surface area contributed by atoms with Gasteiger partial charge in [0, 0.05) is 0 Å². The Balaban J connectivity index is 2.32. The molecule has 3 heteroatoms. The smallest absolute Gasteiger partial charge is 0.321 e. The first-order valence-electron chi connectivity index (χ1n) is 11.6. The van der Waals surface area contributed by atoms with Gasteiger partial charge in [-0.05, 0) is 25.7 Å². The first kappa shape index (κ1) is 23.9. The van der Waals surface area contributed by atoms with E-state index < -0.39 is 0 Å². The number of hydrogen-bond acceptors (Lipinski definition) is 3. The molecule has 1 aliphatic rings. The van der Waals surface area contributed by atoms with E-state index in [2.05, 4.69) is 19.9 Å². The lowest BCUT2D eigenvalue weighted by Gasteiger charge is -2.10. The van der Waals surface area contributed by atoms with Gasteiger partial charge in [0.1, 0.15) is 0 Å². The van der Waals surface area contributed by atoms with E-state index in [-0.39, 0.29) is 24.3 Å². The van der Waals surface area contributed by atoms with Gasteiger partial charge in [-0.25, -0.2) is 0 Å². The van der Waals surface area contributed by atoms with Crippen molar-refractivity contribution in [1.82, 2.24) is 0 Å². The summed E-state index contributed by atoms with van der Waals surface area (Å²) in [6.45, 7) is 4.50. The standard InChI is InChI=1S/C24H42O3/c1-3-5-7-9-11-12-14-16-18-21(17-15-13-10-8-6-4-2)19-22-20-23(25)27-24(22)26/h19,22H,3-18,20H2,1-2H3. The van der Waals surface area contributed by atoms with Gasteiger partial charge in [0.2, 0.25) is 0 Å². The number of cyclic esters (lactones) is 2. The van der Waals surface area contributed by atoms with Crippen LogP contribution in [0.1, 0.15) is 123 Å². The molecular weight excluding hydrogens is 336 g/mol. The van der Waals surface area contributed by atoms with Gasteiger partial charge in [0.15, 0.2) is 0 Å². The van der Waals surface area contributed by atoms with Gasteiger partial charge < -0.3 is 4.74 Å². The zero-order valence-electron chi connectivity index (χ0n) is 17.9. The summed E-state index contributed by atoms with van der Waals surface area (Å²) >= 11 is 0. The molecule has 0 radical (unpaired) electrons. The Morgan fingerprint density at radius 3 is 1.63 bits per heavy atom. The molecule has 0 bridgehead atoms. The second-order valence-electron chi connectivity index (χ2n) is 8.17. The molecule has 1 atom stereocenters. The first-order valence-corrected chi connectivity index (χ1v) is 11.6. The fraction of sp³-hybridized carbons (Fsp3) is 0.833. The molecule has 3 nitrogen and oxygen atoms in total. The summed E-state index contributed by atoms with van der Waals surface area (Å²) in [7, 11) is 0. The second kappa shape index (κ2) is 15.9. The number of carbonyl (C=O) groups excluding carboxylic acids is 2. The van der Waals surface area contributed by atoms with Gasteiger partial charge in [0.25, 0.3) is 0 Å². The van der Waals surface area contributed by atoms with Crippen molar-refractivity contribution in [2.75, 3.05) is 0 Å². The lowest BCUT2D eigenvalue weighted by molar-refractivity contribution is -0.152. The maximum Gasteiger partial charge on any atom is 0.321 e. The van der Waals surface area contributed by atoms with Gasteiger partial charge in [-0.2, -0.15) is 0 Å². The highest BCUT2D eigenvalue weighted by atomic mass is 16.6. The van der Waals surface area contributed by atoms with Crippen LogP contribution in [0.15, 0.2) is 11.6 Å². The second-order valence-corrected chi connectivity index (χ2v) is 8.17. The molecule has 1 aliphatic heterocycles. The number of hydrogen-bond donors (Lipinski definition) is 0. The maximum atomic E-state index is 11.8. The third kappa shape index (κ3) is 12.0. The number of carbonyl (C=O) groups is 2. The Morgan fingerprint density at radius 1 is 0.778 bits per heavy atom. The van der Waals surface area contributed by atoms with Crippen LogP contribution in [0.3, 0.4) is 0 Å². The van der Waals surface area contributed by atoms with Crippen LogP contribution in [0.25, 0.3) is 0 Å². The molecule has 0 saturated carbocycles. The molecule has 0 aromatic carbocycles. The van der Waals surface area contributed by atoms with Crippen molar-refractivity contribution >= 4 is 11.9 Å². The van der Waals surface area contributed by atoms with Gasteiger partial charge in [-0.3, -0.25) is 9.59 Å². The topological polar surface area (TPSA) is 43.4 Å². The number of esters is 2. The van der Waals surface area contributed by atoms with Crippen molar-refractivity contribution in [1.29, 1.82) is 0 Å². The van der Waals surface area contributed by atoms with E-state index in [1.54, 1.807) is 0 Å². The largest absolute Gasteiger partial charge is 0.393 e. The molecule has 0 spiro atoms. The summed E-state index contributed by atoms with van der Waals surface area (Å²) < 4.78 is 4.71. The molecule has 0 aliphatic carbocycles. The molecule has 0 aromatic rings. The highest BCUT2D eigenvalue weighted by molar-refractivity contribution is 5.95. The van der Waals surface area contributed by atoms with Crippen molar-refractivity contribution in [3.05, 3.63) is 11.6 Å². The molecule has 1 fully saturated rings. The van der Waals surface area contributed by atoms with Crippen LogP contribution in [0, 0.1) is 5.92 Å². The Bertz CT molecular complexity index is 439. The number of allylic oxidation sites excluding steroid dienone is 1. The van der Waals surface area contributed by atoms with Gasteiger partial charge in [0.05, 0.1) is 12.3 Å². The van der Waals surface area contributed by atoms with Crippen molar-refractivity contribution in [3.8, 4) is 0 Å². The van der Waals surface area contributed by atoms with Crippen molar-refractivity contribution in [3.63, 3.8) is 0 Å². The predicted molar refractivity (Wildman–Crippen MR) is 113 cm³/mol. The Hall–Kier alpha value is -1.12. The Kier molecular flexibility index (Phi) is 14.1. The molecule has 156 valence electrons. The minimum atomic E-state index is -0.368. The van der Waals surface area contributed by atoms with E-state index in [1.165, 1.54) is 95.5 Å². The van der Waals surface area contributed by atoms with Crippen molar-refractivity contribution in [2.24, 2.45) is 5.92 Å². The van der Waals surface area contributed by atoms with E-state index in [4.69, 9.17) is 4.74 Å². The van der Waals surface area contributed by atoms with Crippen molar-refractivity contribution in [2.45, 2.75) is 123 Å². The van der Waals surface area contributed by atoms with Gasteiger partial charge in [-0.15, -0.1) is 0 Å². The van der Waals surface area contributed by atoms with E-state index >= 15 is 0 Å². The van der Waals surface area contributed by atoms with Gasteiger partial charge in [-0.1, -0.05) is 103 Å². The quantitative estimate of drug-likeness (QED) is 0.115. The monoisotopic (exact) mass is 378 g/mol. The summed E-state index contributed by atoms with van der Waals surface area (Å²) in [4.78, 5) is 23.1. The van der Waals surface area contributed by atoms with E-state index in [0.717, 1.165) is 12.8 Å². The fourth-order valence-corrected chi connectivity index (χ4v) is 3.81. The van der Waals surface area contributed by atoms with Crippen LogP contribution in [-0.4, -0.2) is 11.9 Å². The molecule has 0 N–H and O–H groups in total. The third-order valence-electron chi connectivity index (χ3n) is 5.54. The molecule has 27 heavy (non-hydrogen) atoms. The SMILES string of the molecule is CCCCCCCCCCC(=CC1CC(=O)OC1=O)CCCCCCCC. The number of unbranched alkanes of at least 4 members (excludes halogenated alkanes) is 12. The summed E-state index contributed by atoms with van der Waals surface area (Å²) in [5.74, 6) is -1.05. The van der Waals surface area contributed by atoms with Crippen LogP contribution in [0.5, 0.6) is 0 Å². The summed E-state index contributed by atoms with van der Waals surface area (Å²) in [6, 6.07) is 0. The Morgan fingerprint density at radius 2 is 1.22 bits per heavy atom. The zero-order valence-corrected chi connectivity index (χ0v) is 17.9. The van der Waals surface area contributed by atoms with Crippen LogP contribution >= 0.6 is 0 Å². The van der Waals surface area contributed by atoms with Crippen LogP contribution in [0.2, 0.25) is 0 Å². The summed E-state index contributed by atoms with van der Waals surface area (Å²) in [5.41, 5.74) is 1.37. The lowest BCUT2D eigenvalue weighted by Crippen LogP contribution is -2.05. The normalized spacial score (nSPS) is 17.6. The minimum absolute atomic E-state index is 0.232. The number of rotatable bonds is 17. The van der Waals surface area contributed by atoms with E-state index in [9.17, 15) is 9.59 Å². The predicted octanol–water partition coefficient (Wildman–Crippen LogP) is 7.28. The molecule has 1 rings (SSSR count). The summed E-state index contributed by atoms with van der Waals surface area (Å²) in [6.07, 6.45) is 22.7. The van der Waals surface area contributed by atoms with Crippen molar-refractivity contribution < 1.29 is 14.3 Å². The molecule has 1 heterocycles. The molecule has 1 unspecified atom stereocenters. The number of ether oxygens (including phenoxy) is 1. The van der Waals surface area contributed by atoms with Crippen LogP contribution in [-0.2, 0) is 14.3 Å². The van der Waals surface area contributed by atoms with E-state index in [1.807, 2.05) is 0 Å². The molecule has 0 amide bonds. The first-order chi connectivity index (χ1) is 13.2. The van der Waals surface area contributed by atoms with Crippen LogP contribution < -0.4 is 0 Å². The Labute approximate surface area is 167 Å². The molecular formula is C24H42O3. The van der Waals surface area contributed by atoms with Gasteiger partial charge >= 0.3 is 11.9 Å². The van der Waals surface area contributed by atoms with Crippen LogP contribution in [0.4, 0.5) is 0 Å².